The van der Waals surface area contributed by atoms with E-state index in [0.717, 1.165) is 0 Å². The molecule has 0 saturated carbocycles. The summed E-state index contributed by atoms with van der Waals surface area (Å²) in [6.45, 7) is 4.30. The first-order valence-electron chi connectivity index (χ1n) is 5.95. The molecule has 0 bridgehead atoms. The number of carbonyl (C=O) groups is 1. The van der Waals surface area contributed by atoms with E-state index in [1.54, 1.807) is 11.7 Å². The first-order chi connectivity index (χ1) is 9.16. The molecule has 2 aromatic heterocycles. The summed E-state index contributed by atoms with van der Waals surface area (Å²) in [4.78, 5) is 11.7. The normalized spacial score (nSPS) is 14.0. The second kappa shape index (κ2) is 6.39. The molecule has 0 spiro atoms. The molecule has 0 unspecified atom stereocenters. The van der Waals surface area contributed by atoms with Crippen LogP contribution in [-0.4, -0.2) is 38.5 Å². The Morgan fingerprint density at radius 3 is 3.00 bits per heavy atom. The number of nitrogens with zero attached hydrogens (tertiary/aromatic N) is 4. The molecule has 2 aromatic rings. The summed E-state index contributed by atoms with van der Waals surface area (Å²) in [6.07, 6.45) is 3.65. The number of anilines is 1. The Balaban J connectivity index is 1.77. The van der Waals surface area contributed by atoms with Gasteiger partial charge in [-0.2, -0.15) is 5.10 Å². The lowest BCUT2D eigenvalue weighted by Gasteiger charge is -2.21. The van der Waals surface area contributed by atoms with Crippen LogP contribution < -0.4 is 10.6 Å². The Morgan fingerprint density at radius 2 is 2.37 bits per heavy atom. The topological polar surface area (TPSA) is 84.7 Å². The smallest absolute Gasteiger partial charge is 0.240 e. The molecule has 8 heteroatoms. The lowest BCUT2D eigenvalue weighted by atomic mass is 10.2. The van der Waals surface area contributed by atoms with Crippen molar-refractivity contribution in [1.82, 2.24) is 25.3 Å². The Kier molecular flexibility index (Phi) is 4.58. The Hall–Kier alpha value is -1.80. The van der Waals surface area contributed by atoms with E-state index >= 15 is 0 Å². The van der Waals surface area contributed by atoms with E-state index in [4.69, 9.17) is 0 Å². The van der Waals surface area contributed by atoms with E-state index in [-0.39, 0.29) is 24.5 Å². The van der Waals surface area contributed by atoms with Crippen LogP contribution in [0.15, 0.2) is 24.0 Å². The minimum absolute atomic E-state index is 0.125. The highest BCUT2D eigenvalue weighted by molar-refractivity contribution is 7.13. The standard InChI is InChI=1S/C11H16N6OS/c1-8(9(2)17-5-3-4-14-17)12-6-10(18)15-11-16-13-7-19-11/h3-5,7-9,12H,6H2,1-2H3,(H,15,16,18)/t8-,9+/m1/s1. The first kappa shape index (κ1) is 13.6. The lowest BCUT2D eigenvalue weighted by Crippen LogP contribution is -2.39. The average Bonchev–Trinajstić information content (AvgIpc) is 3.07. The number of amides is 1. The fraction of sp³-hybridized carbons (Fsp3) is 0.455. The molecule has 1 amide bonds. The van der Waals surface area contributed by atoms with E-state index in [1.165, 1.54) is 11.3 Å². The molecular formula is C11H16N6OS. The summed E-state index contributed by atoms with van der Waals surface area (Å²) >= 11 is 1.29. The summed E-state index contributed by atoms with van der Waals surface area (Å²) in [5.74, 6) is -0.128. The van der Waals surface area contributed by atoms with Gasteiger partial charge in [0.05, 0.1) is 12.6 Å². The molecule has 0 aromatic carbocycles. The number of carbonyl (C=O) groups excluding carboxylic acids is 1. The van der Waals surface area contributed by atoms with Gasteiger partial charge in [0.15, 0.2) is 0 Å². The molecule has 0 aliphatic heterocycles. The van der Waals surface area contributed by atoms with Crippen molar-refractivity contribution in [2.75, 3.05) is 11.9 Å². The minimum Gasteiger partial charge on any atom is -0.304 e. The quantitative estimate of drug-likeness (QED) is 0.821. The predicted octanol–water partition coefficient (Wildman–Crippen LogP) is 0.912. The molecule has 0 saturated heterocycles. The van der Waals surface area contributed by atoms with Crippen molar-refractivity contribution in [2.24, 2.45) is 0 Å². The van der Waals surface area contributed by atoms with Crippen LogP contribution in [0, 0.1) is 0 Å². The molecule has 0 aliphatic rings. The van der Waals surface area contributed by atoms with Gasteiger partial charge in [-0.3, -0.25) is 14.8 Å². The molecule has 19 heavy (non-hydrogen) atoms. The fourth-order valence-electron chi connectivity index (χ4n) is 1.57. The van der Waals surface area contributed by atoms with Gasteiger partial charge in [0, 0.05) is 18.4 Å². The third-order valence-corrected chi connectivity index (χ3v) is 3.46. The molecule has 0 aliphatic carbocycles. The van der Waals surface area contributed by atoms with Crippen LogP contribution in [0.25, 0.3) is 0 Å². The third-order valence-electron chi connectivity index (χ3n) is 2.86. The highest BCUT2D eigenvalue weighted by Gasteiger charge is 2.15. The fourth-order valence-corrected chi connectivity index (χ4v) is 2.03. The summed E-state index contributed by atoms with van der Waals surface area (Å²) < 4.78 is 1.86. The number of hydrogen-bond donors (Lipinski definition) is 2. The number of hydrogen-bond acceptors (Lipinski definition) is 6. The van der Waals surface area contributed by atoms with E-state index in [2.05, 4.69) is 25.9 Å². The zero-order chi connectivity index (χ0) is 13.7. The first-order valence-corrected chi connectivity index (χ1v) is 6.83. The van der Waals surface area contributed by atoms with E-state index in [0.29, 0.717) is 5.13 Å². The van der Waals surface area contributed by atoms with Gasteiger partial charge in [-0.05, 0) is 19.9 Å². The van der Waals surface area contributed by atoms with Crippen molar-refractivity contribution >= 4 is 22.4 Å². The third kappa shape index (κ3) is 3.83. The van der Waals surface area contributed by atoms with E-state index < -0.39 is 0 Å². The maximum absolute atomic E-state index is 11.7. The Bertz CT molecular complexity index is 497. The largest absolute Gasteiger partial charge is 0.304 e. The molecule has 2 atom stereocenters. The SMILES string of the molecule is C[C@@H](NCC(=O)Nc1nncs1)[C@H](C)n1cccn1. The maximum Gasteiger partial charge on any atom is 0.240 e. The van der Waals surface area contributed by atoms with Gasteiger partial charge in [0.1, 0.15) is 5.51 Å². The van der Waals surface area contributed by atoms with E-state index in [1.807, 2.05) is 30.8 Å². The number of nitrogens with one attached hydrogen (secondary N) is 2. The van der Waals surface area contributed by atoms with Gasteiger partial charge in [0.2, 0.25) is 11.0 Å². The number of aromatic nitrogens is 4. The molecule has 102 valence electrons. The van der Waals surface area contributed by atoms with Crippen LogP contribution >= 0.6 is 11.3 Å². The maximum atomic E-state index is 11.7. The molecule has 0 fully saturated rings. The summed E-state index contributed by atoms with van der Waals surface area (Å²) in [7, 11) is 0. The zero-order valence-corrected chi connectivity index (χ0v) is 11.6. The molecular weight excluding hydrogens is 264 g/mol. The van der Waals surface area contributed by atoms with Gasteiger partial charge in [-0.1, -0.05) is 11.3 Å². The summed E-state index contributed by atoms with van der Waals surface area (Å²) in [5.41, 5.74) is 1.57. The number of rotatable bonds is 6. The molecule has 2 rings (SSSR count). The average molecular weight is 280 g/mol. The van der Waals surface area contributed by atoms with Crippen molar-refractivity contribution in [1.29, 1.82) is 0 Å². The van der Waals surface area contributed by atoms with Crippen LogP contribution in [0.2, 0.25) is 0 Å². The molecule has 0 radical (unpaired) electrons. The lowest BCUT2D eigenvalue weighted by molar-refractivity contribution is -0.115. The minimum atomic E-state index is -0.128. The van der Waals surface area contributed by atoms with Crippen LogP contribution in [0.3, 0.4) is 0 Å². The molecule has 7 nitrogen and oxygen atoms in total. The zero-order valence-electron chi connectivity index (χ0n) is 10.8. The van der Waals surface area contributed by atoms with E-state index in [9.17, 15) is 4.79 Å². The van der Waals surface area contributed by atoms with Crippen LogP contribution in [-0.2, 0) is 4.79 Å². The molecule has 2 N–H and O–H groups in total. The van der Waals surface area contributed by atoms with Crippen LogP contribution in [0.5, 0.6) is 0 Å². The van der Waals surface area contributed by atoms with Crippen LogP contribution in [0.4, 0.5) is 5.13 Å². The summed E-state index contributed by atoms with van der Waals surface area (Å²) in [5, 5.41) is 17.9. The van der Waals surface area contributed by atoms with Crippen LogP contribution in [0.1, 0.15) is 19.9 Å². The Morgan fingerprint density at radius 1 is 1.53 bits per heavy atom. The highest BCUT2D eigenvalue weighted by Crippen LogP contribution is 2.09. The van der Waals surface area contributed by atoms with Crippen molar-refractivity contribution in [3.63, 3.8) is 0 Å². The van der Waals surface area contributed by atoms with Gasteiger partial charge in [0.25, 0.3) is 0 Å². The van der Waals surface area contributed by atoms with Crippen molar-refractivity contribution < 1.29 is 4.79 Å². The predicted molar refractivity (Wildman–Crippen MR) is 72.9 cm³/mol. The molecule has 2 heterocycles. The van der Waals surface area contributed by atoms with Gasteiger partial charge >= 0.3 is 0 Å². The Labute approximate surface area is 115 Å². The second-order valence-electron chi connectivity index (χ2n) is 4.19. The monoisotopic (exact) mass is 280 g/mol. The van der Waals surface area contributed by atoms with Gasteiger partial charge < -0.3 is 5.32 Å². The van der Waals surface area contributed by atoms with Gasteiger partial charge in [-0.25, -0.2) is 0 Å². The highest BCUT2D eigenvalue weighted by atomic mass is 32.1. The summed E-state index contributed by atoms with van der Waals surface area (Å²) in [6, 6.07) is 2.18. The van der Waals surface area contributed by atoms with Gasteiger partial charge in [-0.15, -0.1) is 10.2 Å². The second-order valence-corrected chi connectivity index (χ2v) is 5.02. The van der Waals surface area contributed by atoms with Crippen molar-refractivity contribution in [2.45, 2.75) is 25.9 Å². The van der Waals surface area contributed by atoms with Crippen molar-refractivity contribution in [3.8, 4) is 0 Å². The van der Waals surface area contributed by atoms with Crippen molar-refractivity contribution in [3.05, 3.63) is 24.0 Å².